The molecule has 36 heavy (non-hydrogen) atoms. The fourth-order valence-corrected chi connectivity index (χ4v) is 4.34. The van der Waals surface area contributed by atoms with Gasteiger partial charge < -0.3 is 13.8 Å². The minimum Gasteiger partial charge on any atom is -0.494 e. The van der Waals surface area contributed by atoms with Crippen molar-refractivity contribution in [3.63, 3.8) is 0 Å². The number of ether oxygens (including phenoxy) is 1. The highest BCUT2D eigenvalue weighted by molar-refractivity contribution is 7.90. The molecule has 9 heteroatoms. The molecule has 0 aliphatic rings. The average molecular weight is 508 g/mol. The van der Waals surface area contributed by atoms with E-state index in [9.17, 15) is 13.2 Å². The molecule has 0 fully saturated rings. The summed E-state index contributed by atoms with van der Waals surface area (Å²) in [7, 11) is -3.01. The molecule has 0 radical (unpaired) electrons. The molecule has 4 rings (SSSR count). The zero-order valence-electron chi connectivity index (χ0n) is 20.5. The first-order valence-electron chi connectivity index (χ1n) is 11.7. The topological polar surface area (TPSA) is 104 Å². The molecular formula is C27H29N3O5S. The monoisotopic (exact) mass is 507 g/mol. The Hall–Kier alpha value is -3.72. The maximum atomic E-state index is 12.5. The Labute approximate surface area is 210 Å². The Balaban J connectivity index is 1.47. The largest absolute Gasteiger partial charge is 0.494 e. The summed E-state index contributed by atoms with van der Waals surface area (Å²) in [5.41, 5.74) is 3.44. The first-order valence-corrected chi connectivity index (χ1v) is 13.8. The molecule has 0 bridgehead atoms. The zero-order chi connectivity index (χ0) is 25.7. The number of pyridine rings is 1. The number of hydrogen-bond donors (Lipinski definition) is 0. The van der Waals surface area contributed by atoms with Gasteiger partial charge in [-0.2, -0.15) is 4.98 Å². The van der Waals surface area contributed by atoms with Crippen LogP contribution in [0.2, 0.25) is 0 Å². The number of nitrogens with zero attached hydrogens (tertiary/aromatic N) is 3. The second kappa shape index (κ2) is 10.9. The van der Waals surface area contributed by atoms with Crippen molar-refractivity contribution >= 4 is 9.84 Å². The van der Waals surface area contributed by atoms with Crippen molar-refractivity contribution in [2.75, 3.05) is 18.6 Å². The predicted octanol–water partition coefficient (Wildman–Crippen LogP) is 4.55. The third-order valence-electron chi connectivity index (χ3n) is 5.67. The van der Waals surface area contributed by atoms with Gasteiger partial charge >= 0.3 is 0 Å². The van der Waals surface area contributed by atoms with Gasteiger partial charge in [0.25, 0.3) is 11.4 Å². The third-order valence-corrected chi connectivity index (χ3v) is 6.70. The van der Waals surface area contributed by atoms with Crippen LogP contribution in [0.1, 0.15) is 37.3 Å². The molecule has 0 amide bonds. The van der Waals surface area contributed by atoms with Gasteiger partial charge in [-0.25, -0.2) is 8.42 Å². The van der Waals surface area contributed by atoms with Crippen LogP contribution in [0.5, 0.6) is 5.75 Å². The minimum absolute atomic E-state index is 0.0793. The highest BCUT2D eigenvalue weighted by Crippen LogP contribution is 2.24. The van der Waals surface area contributed by atoms with E-state index in [2.05, 4.69) is 24.0 Å². The molecule has 8 nitrogen and oxygen atoms in total. The molecule has 0 atom stereocenters. The average Bonchev–Trinajstić information content (AvgIpc) is 3.33. The molecular weight excluding hydrogens is 478 g/mol. The zero-order valence-corrected chi connectivity index (χ0v) is 21.4. The lowest BCUT2D eigenvalue weighted by atomic mass is 10.0. The van der Waals surface area contributed by atoms with Crippen LogP contribution in [0.25, 0.3) is 22.8 Å². The summed E-state index contributed by atoms with van der Waals surface area (Å²) in [5.74, 6) is 1.95. The smallest absolute Gasteiger partial charge is 0.258 e. The Kier molecular flexibility index (Phi) is 7.69. The van der Waals surface area contributed by atoms with Crippen LogP contribution in [0.15, 0.2) is 76.2 Å². The lowest BCUT2D eigenvalue weighted by Gasteiger charge is -2.10. The standard InChI is InChI=1S/C27H29N3O5S/c1-19(2)21-8-10-22(11-9-21)27-28-26(29-35-27)23-12-13-25(31)30(18-23)17-20-6-4-7-24(16-20)34-14-5-15-36(3,32)33/h4,6-13,16,18-19H,5,14-15,17H2,1-3H3. The lowest BCUT2D eigenvalue weighted by molar-refractivity contribution is 0.317. The molecule has 2 aromatic carbocycles. The molecule has 0 N–H and O–H groups in total. The number of aromatic nitrogens is 3. The van der Waals surface area contributed by atoms with Gasteiger partial charge in [0, 0.05) is 29.6 Å². The van der Waals surface area contributed by atoms with Crippen molar-refractivity contribution in [3.8, 4) is 28.6 Å². The van der Waals surface area contributed by atoms with Crippen molar-refractivity contribution in [2.45, 2.75) is 32.7 Å². The van der Waals surface area contributed by atoms with E-state index in [1.807, 2.05) is 42.5 Å². The Morgan fingerprint density at radius 2 is 1.78 bits per heavy atom. The minimum atomic E-state index is -3.01. The Bertz CT molecular complexity index is 1490. The summed E-state index contributed by atoms with van der Waals surface area (Å²) in [6, 6.07) is 18.6. The molecule has 0 aliphatic heterocycles. The Morgan fingerprint density at radius 3 is 2.50 bits per heavy atom. The van der Waals surface area contributed by atoms with E-state index in [1.54, 1.807) is 22.9 Å². The van der Waals surface area contributed by atoms with Crippen LogP contribution < -0.4 is 10.3 Å². The van der Waals surface area contributed by atoms with Crippen molar-refractivity contribution in [1.29, 1.82) is 0 Å². The van der Waals surface area contributed by atoms with Crippen LogP contribution in [0, 0.1) is 0 Å². The first kappa shape index (κ1) is 25.4. The van der Waals surface area contributed by atoms with E-state index in [0.29, 0.717) is 48.5 Å². The van der Waals surface area contributed by atoms with E-state index in [4.69, 9.17) is 9.26 Å². The summed E-state index contributed by atoms with van der Waals surface area (Å²) in [6.07, 6.45) is 3.33. The summed E-state index contributed by atoms with van der Waals surface area (Å²) in [5, 5.41) is 4.11. The molecule has 0 saturated heterocycles. The summed E-state index contributed by atoms with van der Waals surface area (Å²) < 4.78 is 35.3. The summed E-state index contributed by atoms with van der Waals surface area (Å²) in [6.45, 7) is 4.90. The van der Waals surface area contributed by atoms with Gasteiger partial charge in [0.1, 0.15) is 15.6 Å². The number of rotatable bonds is 10. The van der Waals surface area contributed by atoms with Crippen molar-refractivity contribution in [3.05, 3.63) is 88.3 Å². The lowest BCUT2D eigenvalue weighted by Crippen LogP contribution is -2.19. The van der Waals surface area contributed by atoms with Gasteiger partial charge in [0.05, 0.1) is 18.9 Å². The van der Waals surface area contributed by atoms with Gasteiger partial charge in [-0.05, 0) is 53.8 Å². The fraction of sp³-hybridized carbons (Fsp3) is 0.296. The van der Waals surface area contributed by atoms with Crippen LogP contribution >= 0.6 is 0 Å². The molecule has 0 spiro atoms. The van der Waals surface area contributed by atoms with E-state index in [-0.39, 0.29) is 11.3 Å². The van der Waals surface area contributed by atoms with Crippen molar-refractivity contribution in [2.24, 2.45) is 0 Å². The number of sulfone groups is 1. The van der Waals surface area contributed by atoms with E-state index < -0.39 is 9.84 Å². The van der Waals surface area contributed by atoms with Crippen LogP contribution in [0.4, 0.5) is 0 Å². The predicted molar refractivity (Wildman–Crippen MR) is 139 cm³/mol. The third kappa shape index (κ3) is 6.69. The quantitative estimate of drug-likeness (QED) is 0.290. The summed E-state index contributed by atoms with van der Waals surface area (Å²) >= 11 is 0. The number of hydrogen-bond acceptors (Lipinski definition) is 7. The molecule has 2 aromatic heterocycles. The van der Waals surface area contributed by atoms with Gasteiger partial charge in [-0.1, -0.05) is 43.3 Å². The first-order chi connectivity index (χ1) is 17.2. The van der Waals surface area contributed by atoms with Gasteiger partial charge in [-0.3, -0.25) is 4.79 Å². The second-order valence-corrected chi connectivity index (χ2v) is 11.3. The van der Waals surface area contributed by atoms with Gasteiger partial charge in [-0.15, -0.1) is 0 Å². The maximum Gasteiger partial charge on any atom is 0.258 e. The fourth-order valence-electron chi connectivity index (χ4n) is 3.70. The SMILES string of the molecule is CC(C)c1ccc(-c2nc(-c3ccc(=O)n(Cc4cccc(OCCCS(C)(=O)=O)c4)c3)no2)cc1. The maximum absolute atomic E-state index is 12.5. The normalized spacial score (nSPS) is 11.7. The van der Waals surface area contributed by atoms with Crippen molar-refractivity contribution < 1.29 is 17.7 Å². The van der Waals surface area contributed by atoms with Crippen LogP contribution in [-0.4, -0.2) is 41.7 Å². The van der Waals surface area contributed by atoms with Crippen LogP contribution in [-0.2, 0) is 16.4 Å². The molecule has 0 saturated carbocycles. The van der Waals surface area contributed by atoms with Crippen molar-refractivity contribution in [1.82, 2.24) is 14.7 Å². The molecule has 188 valence electrons. The van der Waals surface area contributed by atoms with E-state index in [0.717, 1.165) is 11.1 Å². The molecule has 4 aromatic rings. The number of benzene rings is 2. The molecule has 0 unspecified atom stereocenters. The van der Waals surface area contributed by atoms with E-state index in [1.165, 1.54) is 17.9 Å². The second-order valence-electron chi connectivity index (χ2n) is 9.06. The Morgan fingerprint density at radius 1 is 1.03 bits per heavy atom. The summed E-state index contributed by atoms with van der Waals surface area (Å²) in [4.78, 5) is 17.0. The molecule has 0 aliphatic carbocycles. The van der Waals surface area contributed by atoms with Crippen LogP contribution in [0.3, 0.4) is 0 Å². The van der Waals surface area contributed by atoms with Gasteiger partial charge in [0.15, 0.2) is 0 Å². The highest BCUT2D eigenvalue weighted by Gasteiger charge is 2.13. The molecule has 2 heterocycles. The van der Waals surface area contributed by atoms with E-state index >= 15 is 0 Å². The highest BCUT2D eigenvalue weighted by atomic mass is 32.2. The van der Waals surface area contributed by atoms with Gasteiger partial charge in [0.2, 0.25) is 5.82 Å².